The first kappa shape index (κ1) is 19.8. The zero-order chi connectivity index (χ0) is 19.3. The van der Waals surface area contributed by atoms with Crippen LogP contribution in [0.1, 0.15) is 25.5 Å². The van der Waals surface area contributed by atoms with Crippen LogP contribution in [0, 0.1) is 0 Å². The van der Waals surface area contributed by atoms with E-state index in [1.165, 1.54) is 6.92 Å². The number of aryl methyl sites for hydroxylation is 2. The number of benzene rings is 1. The number of carbonyl (C=O) groups is 2. The number of nitrogens with one attached hydrogen (secondary N) is 2. The Morgan fingerprint density at radius 2 is 1.92 bits per heavy atom. The first-order valence-corrected chi connectivity index (χ1v) is 8.42. The molecule has 0 spiro atoms. The molecule has 0 radical (unpaired) electrons. The molecule has 2 amide bonds. The lowest BCUT2D eigenvalue weighted by Crippen LogP contribution is -2.50. The Balaban J connectivity index is 1.83. The average Bonchev–Trinajstić information content (AvgIpc) is 2.91. The zero-order valence-corrected chi connectivity index (χ0v) is 14.7. The number of fused-ring (bicyclic) bond motifs is 1. The van der Waals surface area contributed by atoms with Gasteiger partial charge in [0.25, 0.3) is 0 Å². The number of hydrogen-bond acceptors (Lipinski definition) is 2. The quantitative estimate of drug-likeness (QED) is 0.737. The van der Waals surface area contributed by atoms with E-state index in [0.717, 1.165) is 23.0 Å². The highest BCUT2D eigenvalue weighted by atomic mass is 19.4. The average molecular weight is 369 g/mol. The van der Waals surface area contributed by atoms with Crippen LogP contribution in [-0.2, 0) is 23.1 Å². The molecule has 0 aliphatic carbocycles. The molecule has 0 bridgehead atoms. The molecule has 0 fully saturated rings. The molecular formula is C18H22F3N3O2. The predicted octanol–water partition coefficient (Wildman–Crippen LogP) is 2.68. The van der Waals surface area contributed by atoms with Crippen molar-refractivity contribution in [2.45, 2.75) is 38.4 Å². The van der Waals surface area contributed by atoms with E-state index in [2.05, 4.69) is 16.0 Å². The van der Waals surface area contributed by atoms with E-state index in [0.29, 0.717) is 13.0 Å². The number of hydrogen-bond donors (Lipinski definition) is 2. The number of aromatic nitrogens is 1. The molecule has 1 aromatic carbocycles. The van der Waals surface area contributed by atoms with Gasteiger partial charge in [0, 0.05) is 24.8 Å². The van der Waals surface area contributed by atoms with E-state index in [9.17, 15) is 22.8 Å². The Morgan fingerprint density at radius 3 is 2.54 bits per heavy atom. The van der Waals surface area contributed by atoms with Gasteiger partial charge in [-0.15, -0.1) is 0 Å². The van der Waals surface area contributed by atoms with Crippen molar-refractivity contribution in [2.24, 2.45) is 7.05 Å². The summed E-state index contributed by atoms with van der Waals surface area (Å²) in [5, 5.41) is 5.43. The monoisotopic (exact) mass is 369 g/mol. The molecule has 1 heterocycles. The summed E-state index contributed by atoms with van der Waals surface area (Å²) in [6, 6.07) is 8.86. The molecule has 142 valence electrons. The molecule has 1 unspecified atom stereocenters. The number of amides is 2. The van der Waals surface area contributed by atoms with Crippen molar-refractivity contribution in [2.75, 3.05) is 6.54 Å². The van der Waals surface area contributed by atoms with Gasteiger partial charge in [0.1, 0.15) is 6.04 Å². The molecule has 1 atom stereocenters. The van der Waals surface area contributed by atoms with Gasteiger partial charge in [-0.25, -0.2) is 0 Å². The lowest BCUT2D eigenvalue weighted by Gasteiger charge is -2.17. The van der Waals surface area contributed by atoms with Crippen molar-refractivity contribution in [3.05, 3.63) is 36.0 Å². The minimum absolute atomic E-state index is 0.0802. The highest BCUT2D eigenvalue weighted by Crippen LogP contribution is 2.19. The fourth-order valence-corrected chi connectivity index (χ4v) is 2.78. The lowest BCUT2D eigenvalue weighted by molar-refractivity contribution is -0.174. The molecule has 1 aromatic heterocycles. The Labute approximate surface area is 149 Å². The fourth-order valence-electron chi connectivity index (χ4n) is 2.78. The first-order valence-electron chi connectivity index (χ1n) is 8.42. The Kier molecular flexibility index (Phi) is 6.28. The van der Waals surface area contributed by atoms with Gasteiger partial charge in [0.05, 0.1) is 0 Å². The second-order valence-corrected chi connectivity index (χ2v) is 6.08. The second kappa shape index (κ2) is 8.25. The molecule has 0 saturated carbocycles. The normalized spacial score (nSPS) is 12.8. The number of nitrogens with zero attached hydrogens (tertiary/aromatic N) is 1. The van der Waals surface area contributed by atoms with Crippen LogP contribution in [0.2, 0.25) is 0 Å². The topological polar surface area (TPSA) is 63.1 Å². The van der Waals surface area contributed by atoms with Gasteiger partial charge in [-0.1, -0.05) is 25.1 Å². The van der Waals surface area contributed by atoms with Gasteiger partial charge in [0.2, 0.25) is 5.91 Å². The molecule has 0 aliphatic heterocycles. The highest BCUT2D eigenvalue weighted by molar-refractivity contribution is 5.89. The van der Waals surface area contributed by atoms with E-state index in [1.54, 1.807) is 5.32 Å². The van der Waals surface area contributed by atoms with Crippen LogP contribution < -0.4 is 10.6 Å². The highest BCUT2D eigenvalue weighted by Gasteiger charge is 2.40. The fraction of sp³-hybridized carbons (Fsp3) is 0.444. The molecule has 2 N–H and O–H groups in total. The van der Waals surface area contributed by atoms with Crippen molar-refractivity contribution in [3.63, 3.8) is 0 Å². The smallest absolute Gasteiger partial charge is 0.354 e. The molecule has 0 aliphatic rings. The Bertz CT molecular complexity index is 784. The summed E-state index contributed by atoms with van der Waals surface area (Å²) in [6.45, 7) is 1.86. The van der Waals surface area contributed by atoms with Crippen LogP contribution in [0.25, 0.3) is 10.9 Å². The van der Waals surface area contributed by atoms with Gasteiger partial charge < -0.3 is 15.2 Å². The molecular weight excluding hydrogens is 347 g/mol. The van der Waals surface area contributed by atoms with Crippen LogP contribution in [0.3, 0.4) is 0 Å². The van der Waals surface area contributed by atoms with E-state index < -0.39 is 24.0 Å². The van der Waals surface area contributed by atoms with E-state index in [4.69, 9.17) is 0 Å². The second-order valence-electron chi connectivity index (χ2n) is 6.08. The molecule has 2 rings (SSSR count). The number of rotatable bonds is 7. The van der Waals surface area contributed by atoms with Gasteiger partial charge in [-0.2, -0.15) is 13.2 Å². The van der Waals surface area contributed by atoms with Gasteiger partial charge >= 0.3 is 12.1 Å². The summed E-state index contributed by atoms with van der Waals surface area (Å²) in [5.41, 5.74) is 2.23. The van der Waals surface area contributed by atoms with Crippen LogP contribution in [-0.4, -0.2) is 35.1 Å². The third-order valence-electron chi connectivity index (χ3n) is 4.25. The molecule has 8 heteroatoms. The number of halogens is 3. The summed E-state index contributed by atoms with van der Waals surface area (Å²) in [5.74, 6) is -2.71. The van der Waals surface area contributed by atoms with Crippen molar-refractivity contribution < 1.29 is 22.8 Å². The van der Waals surface area contributed by atoms with Crippen molar-refractivity contribution in [3.8, 4) is 0 Å². The molecule has 0 saturated heterocycles. The summed E-state index contributed by atoms with van der Waals surface area (Å²) < 4.78 is 38.9. The summed E-state index contributed by atoms with van der Waals surface area (Å²) in [4.78, 5) is 22.9. The Hall–Kier alpha value is -2.51. The van der Waals surface area contributed by atoms with Crippen molar-refractivity contribution in [1.82, 2.24) is 15.2 Å². The van der Waals surface area contributed by atoms with E-state index in [1.807, 2.05) is 31.3 Å². The Morgan fingerprint density at radius 1 is 1.23 bits per heavy atom. The molecule has 26 heavy (non-hydrogen) atoms. The maximum Gasteiger partial charge on any atom is 0.471 e. The van der Waals surface area contributed by atoms with Crippen LogP contribution in [0.4, 0.5) is 13.2 Å². The summed E-state index contributed by atoms with van der Waals surface area (Å²) in [6.07, 6.45) is -3.56. The minimum Gasteiger partial charge on any atom is -0.354 e. The standard InChI is InChI=1S/C18H22F3N3O2/c1-3-14(23-17(26)18(19,20)21)16(25)22-10-6-8-13-11-12-7-4-5-9-15(12)24(13)2/h4-5,7,9,11,14H,3,6,8,10H2,1-2H3,(H,22,25)(H,23,26). The van der Waals surface area contributed by atoms with Crippen molar-refractivity contribution >= 4 is 22.7 Å². The van der Waals surface area contributed by atoms with Crippen LogP contribution in [0.15, 0.2) is 30.3 Å². The van der Waals surface area contributed by atoms with Crippen molar-refractivity contribution in [1.29, 1.82) is 0 Å². The lowest BCUT2D eigenvalue weighted by atomic mass is 10.2. The van der Waals surface area contributed by atoms with Gasteiger partial charge in [-0.05, 0) is 36.8 Å². The van der Waals surface area contributed by atoms with Crippen LogP contribution >= 0.6 is 0 Å². The number of para-hydroxylation sites is 1. The van der Waals surface area contributed by atoms with E-state index >= 15 is 0 Å². The van der Waals surface area contributed by atoms with E-state index in [-0.39, 0.29) is 6.42 Å². The minimum atomic E-state index is -5.00. The predicted molar refractivity (Wildman–Crippen MR) is 92.5 cm³/mol. The van der Waals surface area contributed by atoms with Gasteiger partial charge in [-0.3, -0.25) is 9.59 Å². The SMILES string of the molecule is CCC(NC(=O)C(F)(F)F)C(=O)NCCCc1cc2ccccc2n1C. The molecule has 2 aromatic rings. The number of alkyl halides is 3. The molecule has 5 nitrogen and oxygen atoms in total. The van der Waals surface area contributed by atoms with Gasteiger partial charge in [0.15, 0.2) is 0 Å². The maximum absolute atomic E-state index is 12.3. The summed E-state index contributed by atoms with van der Waals surface area (Å²) in [7, 11) is 1.97. The summed E-state index contributed by atoms with van der Waals surface area (Å²) >= 11 is 0. The maximum atomic E-state index is 12.3. The largest absolute Gasteiger partial charge is 0.471 e. The number of carbonyl (C=O) groups excluding carboxylic acids is 2. The third-order valence-corrected chi connectivity index (χ3v) is 4.25. The zero-order valence-electron chi connectivity index (χ0n) is 14.7. The third kappa shape index (κ3) is 4.77. The van der Waals surface area contributed by atoms with Crippen LogP contribution in [0.5, 0.6) is 0 Å². The first-order chi connectivity index (χ1) is 12.2.